The average Bonchev–Trinajstić information content (AvgIpc) is 2.38. The summed E-state index contributed by atoms with van der Waals surface area (Å²) < 4.78 is 0.680. The van der Waals surface area contributed by atoms with Crippen LogP contribution in [0.4, 0.5) is 5.82 Å². The van der Waals surface area contributed by atoms with Crippen molar-refractivity contribution in [2.75, 3.05) is 23.4 Å². The van der Waals surface area contributed by atoms with E-state index in [1.807, 2.05) is 11.8 Å². The molecular weight excluding hydrogens is 316 g/mol. The van der Waals surface area contributed by atoms with Gasteiger partial charge in [-0.15, -0.1) is 0 Å². The molecule has 4 nitrogen and oxygen atoms in total. The third-order valence-corrected chi connectivity index (χ3v) is 4.47. The molecule has 1 aliphatic rings. The number of nitrogens with zero attached hydrogens (tertiary/aromatic N) is 1. The van der Waals surface area contributed by atoms with Crippen molar-refractivity contribution in [3.05, 3.63) is 22.3 Å². The van der Waals surface area contributed by atoms with Crippen molar-refractivity contribution in [1.82, 2.24) is 4.98 Å². The van der Waals surface area contributed by atoms with Crippen molar-refractivity contribution in [3.63, 3.8) is 0 Å². The summed E-state index contributed by atoms with van der Waals surface area (Å²) in [5.41, 5.74) is 0.217. The molecule has 0 aliphatic carbocycles. The quantitative estimate of drug-likeness (QED) is 0.888. The summed E-state index contributed by atoms with van der Waals surface area (Å²) in [4.78, 5) is 15.3. The number of hydrogen-bond acceptors (Lipinski definition) is 4. The lowest BCUT2D eigenvalue weighted by Gasteiger charge is -2.22. The zero-order valence-corrected chi connectivity index (χ0v) is 12.3. The molecule has 98 valence electrons. The van der Waals surface area contributed by atoms with Crippen molar-refractivity contribution in [3.8, 4) is 0 Å². The third-order valence-electron chi connectivity index (χ3n) is 2.98. The fraction of sp³-hybridized carbons (Fsp3) is 0.500. The molecule has 0 aromatic carbocycles. The van der Waals surface area contributed by atoms with Gasteiger partial charge in [-0.25, -0.2) is 9.78 Å². The predicted molar refractivity (Wildman–Crippen MR) is 77.4 cm³/mol. The topological polar surface area (TPSA) is 62.2 Å². The van der Waals surface area contributed by atoms with Crippen molar-refractivity contribution in [2.24, 2.45) is 5.92 Å². The first-order valence-corrected chi connectivity index (χ1v) is 7.82. The lowest BCUT2D eigenvalue weighted by Crippen LogP contribution is -2.20. The average molecular weight is 331 g/mol. The standard InChI is InChI=1S/C12H15BrN2O2S/c13-9-5-10(12(16)17)11(15-7-9)14-6-8-1-3-18-4-2-8/h5,7-8H,1-4,6H2,(H,14,15)(H,16,17). The second-order valence-electron chi connectivity index (χ2n) is 4.29. The molecule has 0 amide bonds. The summed E-state index contributed by atoms with van der Waals surface area (Å²) in [5.74, 6) is 2.53. The van der Waals surface area contributed by atoms with Crippen LogP contribution in [0, 0.1) is 5.92 Å². The van der Waals surface area contributed by atoms with Gasteiger partial charge in [0.1, 0.15) is 11.4 Å². The molecule has 0 spiro atoms. The minimum atomic E-state index is -0.953. The molecule has 18 heavy (non-hydrogen) atoms. The van der Waals surface area contributed by atoms with Crippen molar-refractivity contribution >= 4 is 39.5 Å². The Hall–Kier alpha value is -0.750. The summed E-state index contributed by atoms with van der Waals surface area (Å²) in [6.07, 6.45) is 4.00. The van der Waals surface area contributed by atoms with Gasteiger partial charge in [0, 0.05) is 17.2 Å². The maximum absolute atomic E-state index is 11.1. The number of halogens is 1. The Morgan fingerprint density at radius 1 is 1.56 bits per heavy atom. The molecule has 6 heteroatoms. The Bertz CT molecular complexity index is 436. The number of carbonyl (C=O) groups is 1. The highest BCUT2D eigenvalue weighted by Crippen LogP contribution is 2.24. The van der Waals surface area contributed by atoms with E-state index in [2.05, 4.69) is 26.2 Å². The van der Waals surface area contributed by atoms with E-state index in [0.717, 1.165) is 6.54 Å². The molecule has 2 N–H and O–H groups in total. The maximum Gasteiger partial charge on any atom is 0.339 e. The summed E-state index contributed by atoms with van der Waals surface area (Å²) in [7, 11) is 0. The number of hydrogen-bond donors (Lipinski definition) is 2. The molecule has 1 aliphatic heterocycles. The lowest BCUT2D eigenvalue weighted by atomic mass is 10.0. The summed E-state index contributed by atoms with van der Waals surface area (Å²) >= 11 is 5.22. The largest absolute Gasteiger partial charge is 0.478 e. The van der Waals surface area contributed by atoms with Crippen LogP contribution in [0.15, 0.2) is 16.7 Å². The molecule has 1 saturated heterocycles. The van der Waals surface area contributed by atoms with Crippen molar-refractivity contribution < 1.29 is 9.90 Å². The number of pyridine rings is 1. The third kappa shape index (κ3) is 3.62. The number of nitrogens with one attached hydrogen (secondary N) is 1. The Morgan fingerprint density at radius 3 is 2.94 bits per heavy atom. The van der Waals surface area contributed by atoms with Crippen LogP contribution in [0.2, 0.25) is 0 Å². The second kappa shape index (κ2) is 6.43. The van der Waals surface area contributed by atoms with Gasteiger partial charge >= 0.3 is 5.97 Å². The highest BCUT2D eigenvalue weighted by Gasteiger charge is 2.16. The van der Waals surface area contributed by atoms with Gasteiger partial charge in [-0.2, -0.15) is 11.8 Å². The number of aromatic nitrogens is 1. The molecule has 0 unspecified atom stereocenters. The number of anilines is 1. The molecule has 2 heterocycles. The van der Waals surface area contributed by atoms with E-state index in [1.54, 1.807) is 12.3 Å². The van der Waals surface area contributed by atoms with Gasteiger partial charge in [0.05, 0.1) is 0 Å². The first-order valence-electron chi connectivity index (χ1n) is 5.87. The van der Waals surface area contributed by atoms with E-state index in [4.69, 9.17) is 5.11 Å². The van der Waals surface area contributed by atoms with Gasteiger partial charge in [0.25, 0.3) is 0 Å². The molecule has 1 aromatic rings. The molecule has 0 saturated carbocycles. The SMILES string of the molecule is O=C(O)c1cc(Br)cnc1NCC1CCSCC1. The molecule has 0 radical (unpaired) electrons. The summed E-state index contributed by atoms with van der Waals surface area (Å²) in [6.45, 7) is 0.801. The van der Waals surface area contributed by atoms with Gasteiger partial charge in [-0.1, -0.05) is 0 Å². The van der Waals surface area contributed by atoms with Crippen LogP contribution in [-0.4, -0.2) is 34.1 Å². The van der Waals surface area contributed by atoms with E-state index in [0.29, 0.717) is 16.2 Å². The molecule has 1 fully saturated rings. The monoisotopic (exact) mass is 330 g/mol. The molecular formula is C12H15BrN2O2S. The summed E-state index contributed by atoms with van der Waals surface area (Å²) in [5, 5.41) is 12.3. The fourth-order valence-corrected chi connectivity index (χ4v) is 3.47. The maximum atomic E-state index is 11.1. The molecule has 0 atom stereocenters. The van der Waals surface area contributed by atoms with Gasteiger partial charge in [-0.05, 0) is 52.3 Å². The van der Waals surface area contributed by atoms with Crippen LogP contribution in [0.25, 0.3) is 0 Å². The first kappa shape index (κ1) is 13.7. The Labute approximate surface area is 119 Å². The zero-order valence-electron chi connectivity index (χ0n) is 9.86. The van der Waals surface area contributed by atoms with Gasteiger partial charge in [-0.3, -0.25) is 0 Å². The smallest absolute Gasteiger partial charge is 0.339 e. The van der Waals surface area contributed by atoms with Crippen LogP contribution in [0.1, 0.15) is 23.2 Å². The number of carboxylic acids is 1. The normalized spacial score (nSPS) is 16.5. The fourth-order valence-electron chi connectivity index (χ4n) is 1.93. The van der Waals surface area contributed by atoms with Crippen LogP contribution < -0.4 is 5.32 Å². The van der Waals surface area contributed by atoms with Crippen LogP contribution in [0.5, 0.6) is 0 Å². The number of carboxylic acid groups (broad SMARTS) is 1. The van der Waals surface area contributed by atoms with Crippen LogP contribution in [-0.2, 0) is 0 Å². The minimum absolute atomic E-state index is 0.217. The highest BCUT2D eigenvalue weighted by atomic mass is 79.9. The first-order chi connectivity index (χ1) is 8.66. The zero-order chi connectivity index (χ0) is 13.0. The van der Waals surface area contributed by atoms with E-state index in [-0.39, 0.29) is 5.56 Å². The Morgan fingerprint density at radius 2 is 2.28 bits per heavy atom. The Kier molecular flexibility index (Phi) is 4.88. The van der Waals surface area contributed by atoms with Crippen molar-refractivity contribution in [1.29, 1.82) is 0 Å². The van der Waals surface area contributed by atoms with E-state index >= 15 is 0 Å². The molecule has 1 aromatic heterocycles. The number of rotatable bonds is 4. The molecule has 2 rings (SSSR count). The van der Waals surface area contributed by atoms with Crippen LogP contribution >= 0.6 is 27.7 Å². The number of aromatic carboxylic acids is 1. The second-order valence-corrected chi connectivity index (χ2v) is 6.43. The van der Waals surface area contributed by atoms with Crippen LogP contribution in [0.3, 0.4) is 0 Å². The molecule has 0 bridgehead atoms. The Balaban J connectivity index is 2.01. The summed E-state index contributed by atoms with van der Waals surface area (Å²) in [6, 6.07) is 1.58. The lowest BCUT2D eigenvalue weighted by molar-refractivity contribution is 0.0697. The minimum Gasteiger partial charge on any atom is -0.478 e. The van der Waals surface area contributed by atoms with Gasteiger partial charge < -0.3 is 10.4 Å². The van der Waals surface area contributed by atoms with Gasteiger partial charge in [0.15, 0.2) is 0 Å². The van der Waals surface area contributed by atoms with Gasteiger partial charge in [0.2, 0.25) is 0 Å². The van der Waals surface area contributed by atoms with Crippen molar-refractivity contribution in [2.45, 2.75) is 12.8 Å². The number of thioether (sulfide) groups is 1. The predicted octanol–water partition coefficient (Wildman–Crippen LogP) is 3.10. The van der Waals surface area contributed by atoms with E-state index < -0.39 is 5.97 Å². The highest BCUT2D eigenvalue weighted by molar-refractivity contribution is 9.10. The van der Waals surface area contributed by atoms with E-state index in [1.165, 1.54) is 24.3 Å². The van der Waals surface area contributed by atoms with E-state index in [9.17, 15) is 4.79 Å².